The Morgan fingerprint density at radius 2 is 1.53 bits per heavy atom. The predicted molar refractivity (Wildman–Crippen MR) is 89.9 cm³/mol. The van der Waals surface area contributed by atoms with Gasteiger partial charge in [0.1, 0.15) is 0 Å². The topological polar surface area (TPSA) is 9.23 Å². The summed E-state index contributed by atoms with van der Waals surface area (Å²) in [6, 6.07) is 0. The van der Waals surface area contributed by atoms with E-state index in [1.807, 2.05) is 6.08 Å². The molecule has 0 saturated heterocycles. The van der Waals surface area contributed by atoms with Crippen molar-refractivity contribution in [2.24, 2.45) is 0 Å². The molecule has 0 aliphatic rings. The second-order valence-corrected chi connectivity index (χ2v) is 11.7. The van der Waals surface area contributed by atoms with Crippen molar-refractivity contribution >= 4 is 8.32 Å². The third-order valence-corrected chi connectivity index (χ3v) is 10.1. The Hall–Kier alpha value is -0.503. The minimum atomic E-state index is -1.81. The lowest BCUT2D eigenvalue weighted by atomic mass is 10.2. The maximum atomic E-state index is 6.60. The highest BCUT2D eigenvalue weighted by Gasteiger charge is 2.47. The fourth-order valence-electron chi connectivity index (χ4n) is 3.17. The number of hydrogen-bond donors (Lipinski definition) is 0. The lowest BCUT2D eigenvalue weighted by Crippen LogP contribution is -2.47. The van der Waals surface area contributed by atoms with Crippen LogP contribution < -0.4 is 0 Å². The first-order chi connectivity index (χ1) is 8.82. The summed E-state index contributed by atoms with van der Waals surface area (Å²) in [5.41, 5.74) is 1.84. The molecule has 0 unspecified atom stereocenters. The van der Waals surface area contributed by atoms with Crippen LogP contribution in [0.4, 0.5) is 0 Å². The molecule has 19 heavy (non-hydrogen) atoms. The summed E-state index contributed by atoms with van der Waals surface area (Å²) in [6.45, 7) is 20.1. The summed E-state index contributed by atoms with van der Waals surface area (Å²) in [7, 11) is -1.81. The van der Waals surface area contributed by atoms with Gasteiger partial charge in [0.2, 0.25) is 0 Å². The highest BCUT2D eigenvalue weighted by atomic mass is 28.4. The van der Waals surface area contributed by atoms with Crippen molar-refractivity contribution in [2.75, 3.05) is 0 Å². The van der Waals surface area contributed by atoms with E-state index in [1.165, 1.54) is 12.8 Å². The van der Waals surface area contributed by atoms with Crippen LogP contribution in [0.5, 0.6) is 0 Å². The standard InChI is InChI=1S/C17H34OSi/c1-9-11-12-13-17(10-2)18-19(14(3)4,15(5)6)16(7)8/h10,13-16H,2,9,11-12H2,1,3-8H3/b17-13-. The SMILES string of the molecule is C=C/C(=C/CCCC)O[Si](C(C)C)(C(C)C)C(C)C. The summed E-state index contributed by atoms with van der Waals surface area (Å²) in [4.78, 5) is 0. The quantitative estimate of drug-likeness (QED) is 0.205. The molecule has 0 aromatic rings. The lowest BCUT2D eigenvalue weighted by Gasteiger charge is -2.42. The van der Waals surface area contributed by atoms with E-state index >= 15 is 0 Å². The van der Waals surface area contributed by atoms with Crippen molar-refractivity contribution in [1.82, 2.24) is 0 Å². The Bertz CT molecular complexity index is 268. The maximum Gasteiger partial charge on any atom is 0.258 e. The van der Waals surface area contributed by atoms with Crippen molar-refractivity contribution < 1.29 is 4.43 Å². The molecule has 0 N–H and O–H groups in total. The molecule has 0 rings (SSSR count). The molecule has 0 aromatic carbocycles. The average Bonchev–Trinajstić information content (AvgIpc) is 2.32. The molecule has 0 aliphatic carbocycles. The van der Waals surface area contributed by atoms with Crippen molar-refractivity contribution in [3.8, 4) is 0 Å². The van der Waals surface area contributed by atoms with Crippen molar-refractivity contribution in [3.05, 3.63) is 24.5 Å². The molecule has 0 aliphatic heterocycles. The fourth-order valence-corrected chi connectivity index (χ4v) is 8.45. The molecule has 0 heterocycles. The van der Waals surface area contributed by atoms with E-state index in [2.05, 4.69) is 61.1 Å². The maximum absolute atomic E-state index is 6.60. The first-order valence-electron chi connectivity index (χ1n) is 7.84. The third-order valence-electron chi connectivity index (χ3n) is 4.11. The monoisotopic (exact) mass is 282 g/mol. The molecule has 1 nitrogen and oxygen atoms in total. The van der Waals surface area contributed by atoms with Gasteiger partial charge in [-0.05, 0) is 41.6 Å². The second-order valence-electron chi connectivity index (χ2n) is 6.37. The van der Waals surface area contributed by atoms with E-state index in [0.29, 0.717) is 16.6 Å². The van der Waals surface area contributed by atoms with E-state index in [1.54, 1.807) is 0 Å². The van der Waals surface area contributed by atoms with E-state index in [-0.39, 0.29) is 0 Å². The minimum Gasteiger partial charge on any atom is -0.543 e. The van der Waals surface area contributed by atoms with Crippen LogP contribution in [0.15, 0.2) is 24.5 Å². The number of hydrogen-bond acceptors (Lipinski definition) is 1. The Morgan fingerprint density at radius 3 is 1.84 bits per heavy atom. The van der Waals surface area contributed by atoms with Gasteiger partial charge in [-0.1, -0.05) is 61.5 Å². The Balaban J connectivity index is 5.18. The molecule has 0 fully saturated rings. The van der Waals surface area contributed by atoms with Crippen LogP contribution in [0.2, 0.25) is 16.6 Å². The first kappa shape index (κ1) is 18.5. The van der Waals surface area contributed by atoms with Crippen LogP contribution in [0, 0.1) is 0 Å². The molecule has 0 spiro atoms. The van der Waals surface area contributed by atoms with Gasteiger partial charge in [0, 0.05) is 0 Å². The van der Waals surface area contributed by atoms with Crippen molar-refractivity contribution in [2.45, 2.75) is 84.4 Å². The summed E-state index contributed by atoms with van der Waals surface area (Å²) in [5, 5.41) is 0. The largest absolute Gasteiger partial charge is 0.543 e. The average molecular weight is 283 g/mol. The molecule has 0 atom stereocenters. The van der Waals surface area contributed by atoms with Gasteiger partial charge in [0.15, 0.2) is 0 Å². The van der Waals surface area contributed by atoms with Gasteiger partial charge in [-0.3, -0.25) is 0 Å². The van der Waals surface area contributed by atoms with Crippen molar-refractivity contribution in [1.29, 1.82) is 0 Å². The van der Waals surface area contributed by atoms with Gasteiger partial charge in [-0.15, -0.1) is 0 Å². The summed E-state index contributed by atoms with van der Waals surface area (Å²) in [6.07, 6.45) is 7.66. The van der Waals surface area contributed by atoms with Crippen molar-refractivity contribution in [3.63, 3.8) is 0 Å². The molecule has 0 saturated carbocycles. The van der Waals surface area contributed by atoms with Crippen LogP contribution in [-0.2, 0) is 4.43 Å². The van der Waals surface area contributed by atoms with E-state index in [4.69, 9.17) is 4.43 Å². The summed E-state index contributed by atoms with van der Waals surface area (Å²) in [5.74, 6) is 1.01. The summed E-state index contributed by atoms with van der Waals surface area (Å²) < 4.78 is 6.60. The smallest absolute Gasteiger partial charge is 0.258 e. The zero-order chi connectivity index (χ0) is 15.1. The second kappa shape index (κ2) is 8.62. The van der Waals surface area contributed by atoms with Gasteiger partial charge >= 0.3 is 0 Å². The first-order valence-corrected chi connectivity index (χ1v) is 9.98. The predicted octanol–water partition coefficient (Wildman–Crippen LogP) is 6.44. The molecule has 0 bridgehead atoms. The van der Waals surface area contributed by atoms with E-state index < -0.39 is 8.32 Å². The van der Waals surface area contributed by atoms with Gasteiger partial charge in [-0.25, -0.2) is 0 Å². The number of allylic oxidation sites excluding steroid dienone is 2. The molecular weight excluding hydrogens is 248 g/mol. The van der Waals surface area contributed by atoms with Gasteiger partial charge < -0.3 is 4.43 Å². The molecule has 0 amide bonds. The summed E-state index contributed by atoms with van der Waals surface area (Å²) >= 11 is 0. The van der Waals surface area contributed by atoms with Crippen LogP contribution in [0.3, 0.4) is 0 Å². The minimum absolute atomic E-state index is 0.613. The Labute approximate surface area is 122 Å². The van der Waals surface area contributed by atoms with Gasteiger partial charge in [0.25, 0.3) is 8.32 Å². The van der Waals surface area contributed by atoms with Gasteiger partial charge in [-0.2, -0.15) is 0 Å². The van der Waals surface area contributed by atoms with E-state index in [9.17, 15) is 0 Å². The third kappa shape index (κ3) is 4.83. The Morgan fingerprint density at radius 1 is 1.05 bits per heavy atom. The van der Waals surface area contributed by atoms with Crippen LogP contribution >= 0.6 is 0 Å². The van der Waals surface area contributed by atoms with Crippen LogP contribution in [-0.4, -0.2) is 8.32 Å². The highest BCUT2D eigenvalue weighted by molar-refractivity contribution is 6.77. The molecule has 0 aromatic heterocycles. The fraction of sp³-hybridized carbons (Fsp3) is 0.765. The zero-order valence-corrected chi connectivity index (χ0v) is 15.1. The highest BCUT2D eigenvalue weighted by Crippen LogP contribution is 2.43. The number of unbranched alkanes of at least 4 members (excludes halogenated alkanes) is 2. The molecular formula is C17H34OSi. The lowest BCUT2D eigenvalue weighted by molar-refractivity contribution is 0.384. The zero-order valence-electron chi connectivity index (χ0n) is 14.1. The van der Waals surface area contributed by atoms with Crippen LogP contribution in [0.1, 0.15) is 67.7 Å². The van der Waals surface area contributed by atoms with Gasteiger partial charge in [0.05, 0.1) is 5.76 Å². The molecule has 0 radical (unpaired) electrons. The van der Waals surface area contributed by atoms with E-state index in [0.717, 1.165) is 12.2 Å². The molecule has 2 heteroatoms. The normalized spacial score (nSPS) is 13.5. The number of rotatable bonds is 9. The molecule has 112 valence electrons. The van der Waals surface area contributed by atoms with Crippen LogP contribution in [0.25, 0.3) is 0 Å². The Kier molecular flexibility index (Phi) is 8.40.